The van der Waals surface area contributed by atoms with Crippen LogP contribution in [0.5, 0.6) is 0 Å². The van der Waals surface area contributed by atoms with Crippen molar-refractivity contribution in [2.24, 2.45) is 0 Å². The Morgan fingerprint density at radius 1 is 1.24 bits per heavy atom. The molecule has 4 heteroatoms. The molecule has 1 aromatic rings. The summed E-state index contributed by atoms with van der Waals surface area (Å²) in [4.78, 5) is 16.9. The predicted octanol–water partition coefficient (Wildman–Crippen LogP) is 1.55. The third kappa shape index (κ3) is 3.75. The van der Waals surface area contributed by atoms with E-state index in [9.17, 15) is 4.79 Å². The normalized spacial score (nSPS) is 17.5. The Hall–Kier alpha value is -1.00. The molecule has 0 radical (unpaired) electrons. The second-order valence-electron chi connectivity index (χ2n) is 4.25. The van der Waals surface area contributed by atoms with Crippen molar-refractivity contribution in [3.63, 3.8) is 0 Å². The summed E-state index contributed by atoms with van der Waals surface area (Å²) < 4.78 is 0. The number of rotatable bonds is 4. The third-order valence-electron chi connectivity index (χ3n) is 2.96. The summed E-state index contributed by atoms with van der Waals surface area (Å²) in [6.07, 6.45) is 0. The van der Waals surface area contributed by atoms with Gasteiger partial charge in [0.1, 0.15) is 0 Å². The lowest BCUT2D eigenvalue weighted by Gasteiger charge is -2.31. The van der Waals surface area contributed by atoms with Crippen LogP contribution in [0.1, 0.15) is 0 Å². The molecule has 1 heterocycles. The number of benzene rings is 1. The third-order valence-corrected chi connectivity index (χ3v) is 3.95. The van der Waals surface area contributed by atoms with Crippen LogP contribution in [0.15, 0.2) is 35.2 Å². The molecule has 0 spiro atoms. The minimum absolute atomic E-state index is 0.237. The van der Waals surface area contributed by atoms with Gasteiger partial charge in [0.05, 0.1) is 6.54 Å². The molecular weight excluding hydrogens is 232 g/mol. The molecule has 3 nitrogen and oxygen atoms in total. The minimum Gasteiger partial charge on any atom is -0.343 e. The molecule has 0 saturated carbocycles. The highest BCUT2D eigenvalue weighted by molar-refractivity contribution is 7.99. The molecule has 1 aromatic carbocycles. The van der Waals surface area contributed by atoms with E-state index in [2.05, 4.69) is 29.2 Å². The molecule has 1 saturated heterocycles. The van der Waals surface area contributed by atoms with E-state index in [4.69, 9.17) is 0 Å². The molecule has 0 aliphatic carbocycles. The van der Waals surface area contributed by atoms with Crippen LogP contribution in [0.3, 0.4) is 0 Å². The van der Waals surface area contributed by atoms with Crippen LogP contribution in [0, 0.1) is 0 Å². The number of hydrogen-bond donors (Lipinski definition) is 0. The van der Waals surface area contributed by atoms with Crippen molar-refractivity contribution in [3.05, 3.63) is 30.3 Å². The highest BCUT2D eigenvalue weighted by Gasteiger charge is 2.20. The first kappa shape index (κ1) is 12.5. The molecule has 1 amide bonds. The first-order valence-corrected chi connectivity index (χ1v) is 6.88. The van der Waals surface area contributed by atoms with Gasteiger partial charge in [-0.2, -0.15) is 0 Å². The number of likely N-dealkylation sites (N-methyl/N-ethyl adjacent to an activating group) is 1. The molecule has 1 fully saturated rings. The van der Waals surface area contributed by atoms with Crippen molar-refractivity contribution >= 4 is 17.7 Å². The van der Waals surface area contributed by atoms with Gasteiger partial charge in [-0.1, -0.05) is 18.2 Å². The average Bonchev–Trinajstić information content (AvgIpc) is 2.35. The molecule has 0 aromatic heterocycles. The van der Waals surface area contributed by atoms with Crippen molar-refractivity contribution in [1.29, 1.82) is 0 Å². The minimum atomic E-state index is 0.237. The molecular formula is C13H18N2OS. The van der Waals surface area contributed by atoms with Crippen molar-refractivity contribution < 1.29 is 4.79 Å². The van der Waals surface area contributed by atoms with E-state index in [1.54, 1.807) is 4.90 Å². The van der Waals surface area contributed by atoms with Gasteiger partial charge >= 0.3 is 0 Å². The summed E-state index contributed by atoms with van der Waals surface area (Å²) in [5.74, 6) is 1.28. The van der Waals surface area contributed by atoms with Gasteiger partial charge in [-0.3, -0.25) is 9.69 Å². The first-order valence-electron chi connectivity index (χ1n) is 5.90. The highest BCUT2D eigenvalue weighted by Crippen LogP contribution is 2.17. The molecule has 0 atom stereocenters. The fraction of sp³-hybridized carbons (Fsp3) is 0.462. The molecule has 1 aliphatic rings. The first-order chi connectivity index (χ1) is 8.25. The second kappa shape index (κ2) is 6.07. The van der Waals surface area contributed by atoms with E-state index in [0.717, 1.165) is 25.4 Å². The summed E-state index contributed by atoms with van der Waals surface area (Å²) in [5, 5.41) is 0. The van der Waals surface area contributed by atoms with Gasteiger partial charge in [0, 0.05) is 37.3 Å². The van der Waals surface area contributed by atoms with Gasteiger partial charge in [0.25, 0.3) is 0 Å². The highest BCUT2D eigenvalue weighted by atomic mass is 32.2. The summed E-state index contributed by atoms with van der Waals surface area (Å²) >= 11 is 1.85. The Labute approximate surface area is 107 Å². The second-order valence-corrected chi connectivity index (χ2v) is 5.42. The fourth-order valence-electron chi connectivity index (χ4n) is 1.81. The van der Waals surface area contributed by atoms with Crippen LogP contribution >= 0.6 is 11.8 Å². The number of nitrogens with zero attached hydrogens (tertiary/aromatic N) is 2. The lowest BCUT2D eigenvalue weighted by atomic mass is 10.3. The Morgan fingerprint density at radius 2 is 2.00 bits per heavy atom. The maximum atomic E-state index is 11.5. The zero-order chi connectivity index (χ0) is 12.1. The summed E-state index contributed by atoms with van der Waals surface area (Å²) in [6, 6.07) is 10.4. The van der Waals surface area contributed by atoms with Crippen molar-refractivity contribution in [2.45, 2.75) is 4.90 Å². The van der Waals surface area contributed by atoms with Crippen LogP contribution in [0.4, 0.5) is 0 Å². The van der Waals surface area contributed by atoms with Crippen molar-refractivity contribution in [2.75, 3.05) is 39.0 Å². The molecule has 17 heavy (non-hydrogen) atoms. The maximum Gasteiger partial charge on any atom is 0.236 e. The Balaban J connectivity index is 1.71. The van der Waals surface area contributed by atoms with Crippen LogP contribution in [-0.2, 0) is 4.79 Å². The molecule has 2 rings (SSSR count). The van der Waals surface area contributed by atoms with Gasteiger partial charge in [0.15, 0.2) is 0 Å². The zero-order valence-electron chi connectivity index (χ0n) is 10.1. The van der Waals surface area contributed by atoms with Gasteiger partial charge in [-0.25, -0.2) is 0 Å². The standard InChI is InChI=1S/C13H18N2OS/c1-14-7-8-15(11-13(14)16)9-10-17-12-5-3-2-4-6-12/h2-6H,7-11H2,1H3. The lowest BCUT2D eigenvalue weighted by molar-refractivity contribution is -0.134. The number of amides is 1. The number of piperazine rings is 1. The summed E-state index contributed by atoms with van der Waals surface area (Å²) in [6.45, 7) is 3.41. The van der Waals surface area contributed by atoms with E-state index in [0.29, 0.717) is 6.54 Å². The average molecular weight is 250 g/mol. The van der Waals surface area contributed by atoms with E-state index >= 15 is 0 Å². The molecule has 1 aliphatic heterocycles. The molecule has 92 valence electrons. The quantitative estimate of drug-likeness (QED) is 0.758. The SMILES string of the molecule is CN1CCN(CCSc2ccccc2)CC1=O. The number of carbonyl (C=O) groups is 1. The lowest BCUT2D eigenvalue weighted by Crippen LogP contribution is -2.48. The number of carbonyl (C=O) groups excluding carboxylic acids is 1. The van der Waals surface area contributed by atoms with Crippen molar-refractivity contribution in [3.8, 4) is 0 Å². The van der Waals surface area contributed by atoms with E-state index in [1.807, 2.05) is 24.9 Å². The Bertz CT molecular complexity index is 369. The Morgan fingerprint density at radius 3 is 2.71 bits per heavy atom. The Kier molecular flexibility index (Phi) is 4.45. The zero-order valence-corrected chi connectivity index (χ0v) is 10.9. The fourth-order valence-corrected chi connectivity index (χ4v) is 2.74. The number of hydrogen-bond acceptors (Lipinski definition) is 3. The smallest absolute Gasteiger partial charge is 0.236 e. The molecule has 0 bridgehead atoms. The monoisotopic (exact) mass is 250 g/mol. The van der Waals surface area contributed by atoms with Gasteiger partial charge in [-0.05, 0) is 12.1 Å². The maximum absolute atomic E-state index is 11.5. The topological polar surface area (TPSA) is 23.6 Å². The molecule has 0 unspecified atom stereocenters. The van der Waals surface area contributed by atoms with Gasteiger partial charge in [0.2, 0.25) is 5.91 Å². The van der Waals surface area contributed by atoms with Crippen LogP contribution in [0.2, 0.25) is 0 Å². The van der Waals surface area contributed by atoms with Crippen LogP contribution < -0.4 is 0 Å². The van der Waals surface area contributed by atoms with E-state index in [1.165, 1.54) is 4.90 Å². The van der Waals surface area contributed by atoms with Crippen LogP contribution in [0.25, 0.3) is 0 Å². The van der Waals surface area contributed by atoms with Crippen LogP contribution in [-0.4, -0.2) is 54.7 Å². The predicted molar refractivity (Wildman–Crippen MR) is 71.2 cm³/mol. The largest absolute Gasteiger partial charge is 0.343 e. The number of thioether (sulfide) groups is 1. The van der Waals surface area contributed by atoms with Gasteiger partial charge < -0.3 is 4.90 Å². The van der Waals surface area contributed by atoms with E-state index < -0.39 is 0 Å². The van der Waals surface area contributed by atoms with Crippen molar-refractivity contribution in [1.82, 2.24) is 9.80 Å². The summed E-state index contributed by atoms with van der Waals surface area (Å²) in [5.41, 5.74) is 0. The molecule has 0 N–H and O–H groups in total. The van der Waals surface area contributed by atoms with Gasteiger partial charge in [-0.15, -0.1) is 11.8 Å². The van der Waals surface area contributed by atoms with E-state index in [-0.39, 0.29) is 5.91 Å². The summed E-state index contributed by atoms with van der Waals surface area (Å²) in [7, 11) is 1.87.